The molecule has 1 aliphatic heterocycles. The maximum absolute atomic E-state index is 2.87. The molecule has 0 bridgehead atoms. The minimum atomic E-state index is -0.582. The average molecular weight is 454 g/mol. The van der Waals surface area contributed by atoms with Crippen molar-refractivity contribution < 1.29 is 0 Å². The molecular formula is C29H29NP2. The normalized spacial score (nSPS) is 19.0. The quantitative estimate of drug-likeness (QED) is 0.332. The van der Waals surface area contributed by atoms with E-state index in [1.165, 1.54) is 27.6 Å². The summed E-state index contributed by atoms with van der Waals surface area (Å²) < 4.78 is 2.87. The lowest BCUT2D eigenvalue weighted by Gasteiger charge is -2.38. The first kappa shape index (κ1) is 21.5. The van der Waals surface area contributed by atoms with E-state index in [0.717, 1.165) is 6.54 Å². The summed E-state index contributed by atoms with van der Waals surface area (Å²) in [5, 5.41) is 5.86. The molecule has 0 amide bonds. The Kier molecular flexibility index (Phi) is 6.80. The molecule has 160 valence electrons. The Bertz CT molecular complexity index is 933. The number of hydrogen-bond donors (Lipinski definition) is 0. The molecular weight excluding hydrogens is 424 g/mol. The van der Waals surface area contributed by atoms with Crippen LogP contribution in [0.15, 0.2) is 121 Å². The van der Waals surface area contributed by atoms with E-state index in [1.807, 2.05) is 0 Å². The highest BCUT2D eigenvalue weighted by Crippen LogP contribution is 2.55. The Labute approximate surface area is 194 Å². The van der Waals surface area contributed by atoms with Crippen LogP contribution in [0, 0.1) is 5.92 Å². The van der Waals surface area contributed by atoms with Gasteiger partial charge in [0, 0.05) is 20.4 Å². The van der Waals surface area contributed by atoms with E-state index in [1.54, 1.807) is 0 Å². The van der Waals surface area contributed by atoms with Gasteiger partial charge in [-0.3, -0.25) is 4.67 Å². The molecule has 0 aromatic heterocycles. The lowest BCUT2D eigenvalue weighted by molar-refractivity contribution is 0.519. The van der Waals surface area contributed by atoms with Crippen molar-refractivity contribution in [3.8, 4) is 0 Å². The van der Waals surface area contributed by atoms with Gasteiger partial charge in [0.1, 0.15) is 0 Å². The largest absolute Gasteiger partial charge is 0.267 e. The van der Waals surface area contributed by atoms with Crippen molar-refractivity contribution in [1.29, 1.82) is 0 Å². The summed E-state index contributed by atoms with van der Waals surface area (Å²) in [7, 11) is -1.07. The van der Waals surface area contributed by atoms with Crippen molar-refractivity contribution in [1.82, 2.24) is 4.67 Å². The van der Waals surface area contributed by atoms with Crippen LogP contribution in [0.25, 0.3) is 0 Å². The van der Waals surface area contributed by atoms with Crippen LogP contribution in [0.2, 0.25) is 0 Å². The zero-order chi connectivity index (χ0) is 21.8. The summed E-state index contributed by atoms with van der Waals surface area (Å²) in [6, 6.07) is 44.8. The fraction of sp³-hybridized carbons (Fsp3) is 0.172. The van der Waals surface area contributed by atoms with Crippen LogP contribution in [0.5, 0.6) is 0 Å². The first-order valence-electron chi connectivity index (χ1n) is 11.4. The van der Waals surface area contributed by atoms with E-state index in [9.17, 15) is 0 Å². The highest BCUT2D eigenvalue weighted by atomic mass is 31.1. The molecule has 0 unspecified atom stereocenters. The molecule has 0 spiro atoms. The predicted octanol–water partition coefficient (Wildman–Crippen LogP) is 5.84. The summed E-state index contributed by atoms with van der Waals surface area (Å²) >= 11 is 0. The molecule has 32 heavy (non-hydrogen) atoms. The van der Waals surface area contributed by atoms with E-state index in [0.29, 0.717) is 11.7 Å². The lowest BCUT2D eigenvalue weighted by Crippen LogP contribution is -2.35. The summed E-state index contributed by atoms with van der Waals surface area (Å²) in [6.07, 6.45) is 1.24. The van der Waals surface area contributed by atoms with E-state index in [2.05, 4.69) is 133 Å². The number of rotatable bonds is 6. The van der Waals surface area contributed by atoms with Crippen LogP contribution in [-0.2, 0) is 0 Å². The van der Waals surface area contributed by atoms with Crippen molar-refractivity contribution in [3.05, 3.63) is 121 Å². The number of hydrogen-bond acceptors (Lipinski definition) is 1. The molecule has 1 heterocycles. The second kappa shape index (κ2) is 10.1. The van der Waals surface area contributed by atoms with Crippen molar-refractivity contribution in [2.24, 2.45) is 5.92 Å². The Morgan fingerprint density at radius 1 is 0.562 bits per heavy atom. The van der Waals surface area contributed by atoms with Crippen LogP contribution < -0.4 is 21.2 Å². The summed E-state index contributed by atoms with van der Waals surface area (Å²) in [6.45, 7) is 3.58. The Morgan fingerprint density at radius 3 is 1.34 bits per heavy atom. The van der Waals surface area contributed by atoms with Crippen LogP contribution in [0.4, 0.5) is 0 Å². The molecule has 4 aromatic rings. The molecule has 4 aromatic carbocycles. The van der Waals surface area contributed by atoms with E-state index in [4.69, 9.17) is 0 Å². The van der Waals surface area contributed by atoms with Crippen molar-refractivity contribution in [3.63, 3.8) is 0 Å². The Balaban J connectivity index is 1.63. The van der Waals surface area contributed by atoms with Crippen LogP contribution >= 0.6 is 16.0 Å². The van der Waals surface area contributed by atoms with Crippen molar-refractivity contribution >= 4 is 37.2 Å². The minimum absolute atomic E-state index is 0.489. The van der Waals surface area contributed by atoms with Crippen LogP contribution in [-0.4, -0.2) is 17.0 Å². The van der Waals surface area contributed by atoms with E-state index < -0.39 is 16.0 Å². The summed E-state index contributed by atoms with van der Waals surface area (Å²) in [5.41, 5.74) is 0. The maximum Gasteiger partial charge on any atom is 0.0423 e. The van der Waals surface area contributed by atoms with Gasteiger partial charge >= 0.3 is 0 Å². The molecule has 1 fully saturated rings. The lowest BCUT2D eigenvalue weighted by atomic mass is 10.2. The topological polar surface area (TPSA) is 3.24 Å². The minimum Gasteiger partial charge on any atom is -0.267 e. The molecule has 0 N–H and O–H groups in total. The zero-order valence-corrected chi connectivity index (χ0v) is 20.2. The number of nitrogens with zero attached hydrogens (tertiary/aromatic N) is 1. The van der Waals surface area contributed by atoms with Gasteiger partial charge in [-0.15, -0.1) is 0 Å². The zero-order valence-electron chi connectivity index (χ0n) is 18.5. The Morgan fingerprint density at radius 2 is 0.938 bits per heavy atom. The SMILES string of the molecule is C[C@@H]1C[C@@H](P(c2ccccc2)c2ccccc2)N(P(c2ccccc2)c2ccccc2)C1. The van der Waals surface area contributed by atoms with Crippen LogP contribution in [0.3, 0.4) is 0 Å². The van der Waals surface area contributed by atoms with Gasteiger partial charge in [-0.05, 0) is 41.5 Å². The molecule has 1 saturated heterocycles. The van der Waals surface area contributed by atoms with Gasteiger partial charge in [0.2, 0.25) is 0 Å². The van der Waals surface area contributed by atoms with Gasteiger partial charge in [-0.2, -0.15) is 0 Å². The molecule has 1 nitrogen and oxygen atoms in total. The molecule has 5 rings (SSSR count). The molecule has 0 aliphatic carbocycles. The van der Waals surface area contributed by atoms with E-state index >= 15 is 0 Å². The van der Waals surface area contributed by atoms with Gasteiger partial charge in [-0.25, -0.2) is 0 Å². The molecule has 3 heteroatoms. The van der Waals surface area contributed by atoms with E-state index in [-0.39, 0.29) is 0 Å². The second-order valence-electron chi connectivity index (χ2n) is 8.47. The molecule has 1 aliphatic rings. The van der Waals surface area contributed by atoms with Gasteiger partial charge in [0.15, 0.2) is 0 Å². The maximum atomic E-state index is 2.87. The van der Waals surface area contributed by atoms with Gasteiger partial charge in [0.25, 0.3) is 0 Å². The van der Waals surface area contributed by atoms with Crippen molar-refractivity contribution in [2.45, 2.75) is 19.1 Å². The van der Waals surface area contributed by atoms with Crippen molar-refractivity contribution in [2.75, 3.05) is 6.54 Å². The highest BCUT2D eigenvalue weighted by Gasteiger charge is 2.41. The van der Waals surface area contributed by atoms with Gasteiger partial charge < -0.3 is 0 Å². The summed E-state index contributed by atoms with van der Waals surface area (Å²) in [5.74, 6) is 1.21. The van der Waals surface area contributed by atoms with Gasteiger partial charge in [0.05, 0.1) is 0 Å². The van der Waals surface area contributed by atoms with Crippen LogP contribution in [0.1, 0.15) is 13.3 Å². The standard InChI is InChI=1S/C29H29NP2/c1-24-22-29(31(25-14-6-2-7-15-25)26-16-8-3-9-17-26)30(23-24)32(27-18-10-4-11-19-27)28-20-12-5-13-21-28/h2-21,24,29H,22-23H2,1H3/t24-,29-/m1/s1. The molecule has 0 saturated carbocycles. The second-order valence-corrected chi connectivity index (χ2v) is 13.0. The third-order valence-corrected chi connectivity index (χ3v) is 11.6. The predicted molar refractivity (Wildman–Crippen MR) is 142 cm³/mol. The smallest absolute Gasteiger partial charge is 0.0423 e. The summed E-state index contributed by atoms with van der Waals surface area (Å²) in [4.78, 5) is 0. The highest BCUT2D eigenvalue weighted by molar-refractivity contribution is 7.75. The fourth-order valence-electron chi connectivity index (χ4n) is 4.71. The fourth-order valence-corrected chi connectivity index (χ4v) is 10.8. The third kappa shape index (κ3) is 4.57. The Hall–Kier alpha value is -2.30. The average Bonchev–Trinajstić information content (AvgIpc) is 3.22. The third-order valence-electron chi connectivity index (χ3n) is 6.08. The van der Waals surface area contributed by atoms with Gasteiger partial charge in [-0.1, -0.05) is 128 Å². The first-order chi connectivity index (χ1) is 15.8. The number of benzene rings is 4. The monoisotopic (exact) mass is 453 g/mol. The first-order valence-corrected chi connectivity index (χ1v) is 14.1. The molecule has 2 atom stereocenters. The molecule has 0 radical (unpaired) electrons.